The summed E-state index contributed by atoms with van der Waals surface area (Å²) in [6, 6.07) is 4.27. The van der Waals surface area contributed by atoms with Gasteiger partial charge in [-0.05, 0) is 55.9 Å². The number of hydrogen-bond donors (Lipinski definition) is 6. The molecule has 39 heavy (non-hydrogen) atoms. The molecular formula is C26H33IN10O2. The third-order valence-corrected chi connectivity index (χ3v) is 8.15. The van der Waals surface area contributed by atoms with Crippen molar-refractivity contribution >= 4 is 63.0 Å². The predicted octanol–water partition coefficient (Wildman–Crippen LogP) is 2.15. The number of aromatic amines is 1. The first-order valence-electron chi connectivity index (χ1n) is 12.9. The highest BCUT2D eigenvalue weighted by Gasteiger charge is 2.40. The van der Waals surface area contributed by atoms with Crippen molar-refractivity contribution in [3.63, 3.8) is 0 Å². The lowest BCUT2D eigenvalue weighted by molar-refractivity contribution is 0.0998. The third-order valence-electron chi connectivity index (χ3n) is 7.43. The molecule has 2 saturated heterocycles. The molecule has 8 N–H and O–H groups in total. The molecule has 2 aromatic heterocycles. The van der Waals surface area contributed by atoms with Crippen LogP contribution in [-0.4, -0.2) is 69.5 Å². The molecule has 2 fully saturated rings. The number of nitrogens with zero attached hydrogens (tertiary/aromatic N) is 4. The number of nitrogens with one attached hydrogen (secondary N) is 4. The summed E-state index contributed by atoms with van der Waals surface area (Å²) in [6.45, 7) is 6.59. The molecule has 13 heteroatoms. The Labute approximate surface area is 239 Å². The number of rotatable bonds is 5. The van der Waals surface area contributed by atoms with Crippen molar-refractivity contribution < 1.29 is 9.59 Å². The minimum atomic E-state index is -0.588. The lowest BCUT2D eigenvalue weighted by Gasteiger charge is -2.38. The second-order valence-electron chi connectivity index (χ2n) is 10.2. The Morgan fingerprint density at radius 1 is 1.18 bits per heavy atom. The average molecular weight is 645 g/mol. The molecule has 1 spiro atoms. The predicted molar refractivity (Wildman–Crippen MR) is 160 cm³/mol. The van der Waals surface area contributed by atoms with Gasteiger partial charge in [0.05, 0.1) is 11.2 Å². The summed E-state index contributed by atoms with van der Waals surface area (Å²) in [7, 11) is 0. The van der Waals surface area contributed by atoms with Crippen LogP contribution < -0.4 is 27.4 Å². The molecule has 2 aliphatic heterocycles. The standard InChI is InChI=1S/C26H33IN10O2/c1-14-9-15(2)19-16(12-31-17(19)10-14)3-6-30-25(39)37-7-4-26(5-8-37)13-32-24(36-26)35-23(38)20-22(29)34-21(28)18(11-27)33-20/h9-10,12,31H,3-8,11,13H2,1-2H3,(H,30,39)(H4,28,29,34)(H2,32,35,36,38). The molecule has 3 amide bonds. The molecular weight excluding hydrogens is 611 g/mol. The van der Waals surface area contributed by atoms with Gasteiger partial charge in [0.1, 0.15) is 5.82 Å². The number of piperidine rings is 1. The molecule has 1 aromatic carbocycles. The van der Waals surface area contributed by atoms with Crippen LogP contribution in [0.25, 0.3) is 10.9 Å². The van der Waals surface area contributed by atoms with E-state index >= 15 is 0 Å². The van der Waals surface area contributed by atoms with Crippen molar-refractivity contribution in [2.24, 2.45) is 4.99 Å². The van der Waals surface area contributed by atoms with Crippen molar-refractivity contribution in [1.82, 2.24) is 35.8 Å². The van der Waals surface area contributed by atoms with Crippen LogP contribution >= 0.6 is 22.6 Å². The Morgan fingerprint density at radius 3 is 2.69 bits per heavy atom. The van der Waals surface area contributed by atoms with Crippen LogP contribution in [0.4, 0.5) is 16.4 Å². The Balaban J connectivity index is 1.13. The van der Waals surface area contributed by atoms with E-state index in [2.05, 4.69) is 84.5 Å². The fraction of sp³-hybridized carbons (Fsp3) is 0.423. The van der Waals surface area contributed by atoms with Crippen LogP contribution in [0.1, 0.15) is 45.7 Å². The maximum atomic E-state index is 12.8. The number of carbonyl (C=O) groups is 2. The minimum Gasteiger partial charge on any atom is -0.382 e. The summed E-state index contributed by atoms with van der Waals surface area (Å²) < 4.78 is 0.500. The highest BCUT2D eigenvalue weighted by molar-refractivity contribution is 14.1. The number of guanidine groups is 1. The van der Waals surface area contributed by atoms with Gasteiger partial charge in [0, 0.05) is 47.7 Å². The molecule has 12 nitrogen and oxygen atoms in total. The Morgan fingerprint density at radius 2 is 1.95 bits per heavy atom. The topological polar surface area (TPSA) is 179 Å². The van der Waals surface area contributed by atoms with Gasteiger partial charge in [-0.3, -0.25) is 4.79 Å². The molecule has 0 radical (unpaired) electrons. The van der Waals surface area contributed by atoms with Gasteiger partial charge >= 0.3 is 11.9 Å². The summed E-state index contributed by atoms with van der Waals surface area (Å²) in [4.78, 5) is 43.2. The summed E-state index contributed by atoms with van der Waals surface area (Å²) in [5, 5.41) is 10.8. The number of amides is 3. The number of aliphatic imine (C=N–C) groups is 1. The summed E-state index contributed by atoms with van der Waals surface area (Å²) in [5.41, 5.74) is 16.7. The lowest BCUT2D eigenvalue weighted by Crippen LogP contribution is -2.55. The normalized spacial score (nSPS) is 17.4. The van der Waals surface area contributed by atoms with Crippen LogP contribution in [-0.2, 0) is 10.8 Å². The SMILES string of the molecule is Cc1cc(C)c2c(CCNC(=O)N3CCC4(CC3)CN/C(=N\C(=O)c3nc(CI)c(N)nc3N)N4)c[nH]c2c1. The summed E-state index contributed by atoms with van der Waals surface area (Å²) in [5.74, 6) is -0.0508. The van der Waals surface area contributed by atoms with E-state index < -0.39 is 5.91 Å². The number of nitrogens with two attached hydrogens (primary N) is 2. The number of H-pyrrole nitrogens is 1. The quantitative estimate of drug-likeness (QED) is 0.181. The Kier molecular flexibility index (Phi) is 7.51. The van der Waals surface area contributed by atoms with Crippen molar-refractivity contribution in [3.8, 4) is 0 Å². The highest BCUT2D eigenvalue weighted by Crippen LogP contribution is 2.26. The lowest BCUT2D eigenvalue weighted by atomic mass is 9.89. The number of alkyl halides is 1. The van der Waals surface area contributed by atoms with E-state index in [-0.39, 0.29) is 28.9 Å². The van der Waals surface area contributed by atoms with Gasteiger partial charge in [-0.25, -0.2) is 14.8 Å². The van der Waals surface area contributed by atoms with Gasteiger partial charge < -0.3 is 37.3 Å². The maximum absolute atomic E-state index is 12.8. The Bertz CT molecular complexity index is 1460. The fourth-order valence-corrected chi connectivity index (χ4v) is 5.93. The second kappa shape index (κ2) is 10.9. The van der Waals surface area contributed by atoms with Gasteiger partial charge in [0.15, 0.2) is 17.5 Å². The van der Waals surface area contributed by atoms with Gasteiger partial charge in [-0.1, -0.05) is 28.7 Å². The van der Waals surface area contributed by atoms with E-state index in [0.29, 0.717) is 42.3 Å². The van der Waals surface area contributed by atoms with Gasteiger partial charge in [-0.2, -0.15) is 4.99 Å². The number of halogens is 1. The van der Waals surface area contributed by atoms with E-state index in [1.807, 2.05) is 11.1 Å². The molecule has 0 unspecified atom stereocenters. The number of hydrogen-bond acceptors (Lipinski definition) is 6. The van der Waals surface area contributed by atoms with Gasteiger partial charge in [-0.15, -0.1) is 0 Å². The molecule has 0 saturated carbocycles. The fourth-order valence-electron chi connectivity index (χ4n) is 5.36. The second-order valence-corrected chi connectivity index (χ2v) is 11.0. The molecule has 4 heterocycles. The maximum Gasteiger partial charge on any atom is 0.317 e. The molecule has 206 valence electrons. The molecule has 0 atom stereocenters. The number of nitrogen functional groups attached to an aromatic ring is 2. The smallest absolute Gasteiger partial charge is 0.317 e. The van der Waals surface area contributed by atoms with Crippen LogP contribution in [0.15, 0.2) is 23.3 Å². The summed E-state index contributed by atoms with van der Waals surface area (Å²) >= 11 is 2.10. The van der Waals surface area contributed by atoms with Crippen LogP contribution in [0, 0.1) is 13.8 Å². The molecule has 0 aliphatic carbocycles. The molecule has 3 aromatic rings. The van der Waals surface area contributed by atoms with Crippen molar-refractivity contribution in [3.05, 3.63) is 46.4 Å². The van der Waals surface area contributed by atoms with E-state index in [0.717, 1.165) is 24.8 Å². The zero-order valence-corrected chi connectivity index (χ0v) is 24.2. The van der Waals surface area contributed by atoms with Crippen LogP contribution in [0.5, 0.6) is 0 Å². The molecule has 0 bridgehead atoms. The number of aryl methyl sites for hydroxylation is 2. The van der Waals surface area contributed by atoms with E-state index in [1.165, 1.54) is 22.1 Å². The van der Waals surface area contributed by atoms with Crippen molar-refractivity contribution in [2.75, 3.05) is 37.6 Å². The number of likely N-dealkylation sites (tertiary alicyclic amines) is 1. The first-order valence-corrected chi connectivity index (χ1v) is 14.4. The van der Waals surface area contributed by atoms with Crippen LogP contribution in [0.3, 0.4) is 0 Å². The van der Waals surface area contributed by atoms with E-state index in [1.54, 1.807) is 0 Å². The highest BCUT2D eigenvalue weighted by atomic mass is 127. The monoisotopic (exact) mass is 644 g/mol. The largest absolute Gasteiger partial charge is 0.382 e. The first kappa shape index (κ1) is 27.0. The van der Waals surface area contributed by atoms with Crippen molar-refractivity contribution in [2.45, 2.75) is 43.1 Å². The average Bonchev–Trinajstić information content (AvgIpc) is 3.48. The Hall–Kier alpha value is -3.62. The number of urea groups is 1. The molecule has 5 rings (SSSR count). The zero-order valence-electron chi connectivity index (χ0n) is 22.0. The minimum absolute atomic E-state index is 0.0164. The van der Waals surface area contributed by atoms with Gasteiger partial charge in [0.2, 0.25) is 0 Å². The van der Waals surface area contributed by atoms with E-state index in [4.69, 9.17) is 11.5 Å². The number of anilines is 2. The molecule has 2 aliphatic rings. The van der Waals surface area contributed by atoms with Crippen LogP contribution in [0.2, 0.25) is 0 Å². The summed E-state index contributed by atoms with van der Waals surface area (Å²) in [6.07, 6.45) is 4.25. The number of fused-ring (bicyclic) bond motifs is 1. The zero-order chi connectivity index (χ0) is 27.7. The van der Waals surface area contributed by atoms with Gasteiger partial charge in [0.25, 0.3) is 0 Å². The number of aromatic nitrogens is 3. The van der Waals surface area contributed by atoms with Crippen molar-refractivity contribution in [1.29, 1.82) is 0 Å². The first-order chi connectivity index (χ1) is 18.7. The van der Waals surface area contributed by atoms with E-state index in [9.17, 15) is 9.59 Å². The third kappa shape index (κ3) is 5.58. The number of carbonyl (C=O) groups excluding carboxylic acids is 2. The number of benzene rings is 1.